The second kappa shape index (κ2) is 10.6. The summed E-state index contributed by atoms with van der Waals surface area (Å²) in [5.41, 5.74) is 2.44. The van der Waals surface area contributed by atoms with E-state index in [4.69, 9.17) is 0 Å². The monoisotopic (exact) mass is 412 g/mol. The number of anilines is 1. The molecule has 0 radical (unpaired) electrons. The lowest BCUT2D eigenvalue weighted by Crippen LogP contribution is -2.27. The van der Waals surface area contributed by atoms with Gasteiger partial charge < -0.3 is 10.6 Å². The Hall–Kier alpha value is -2.14. The van der Waals surface area contributed by atoms with Crippen LogP contribution >= 0.6 is 11.3 Å². The Bertz CT molecular complexity index is 825. The topological polar surface area (TPSA) is 58.2 Å². The molecular weight excluding hydrogens is 380 g/mol. The van der Waals surface area contributed by atoms with Crippen molar-refractivity contribution in [3.05, 3.63) is 51.9 Å². The number of nitrogens with one attached hydrogen (secondary N) is 2. The number of benzene rings is 1. The summed E-state index contributed by atoms with van der Waals surface area (Å²) in [6.07, 6.45) is 8.69. The van der Waals surface area contributed by atoms with Crippen LogP contribution in [0.4, 0.5) is 5.00 Å². The number of amides is 2. The molecule has 29 heavy (non-hydrogen) atoms. The predicted molar refractivity (Wildman–Crippen MR) is 121 cm³/mol. The standard InChI is InChI=1S/C24H32N2O2S/c1-3-17(4-2)11-10-16-25-23(28)21-19-14-8-9-15-20(19)29-24(21)26-22(27)18-12-6-5-7-13-18/h5-7,12-13,17H,3-4,8-11,14-16H2,1-2H3,(H,25,28)(H,26,27). The minimum Gasteiger partial charge on any atom is -0.352 e. The molecule has 0 spiro atoms. The van der Waals surface area contributed by atoms with Gasteiger partial charge in [0.25, 0.3) is 11.8 Å². The van der Waals surface area contributed by atoms with Crippen LogP contribution in [0.2, 0.25) is 0 Å². The van der Waals surface area contributed by atoms with Crippen molar-refractivity contribution < 1.29 is 9.59 Å². The lowest BCUT2D eigenvalue weighted by atomic mass is 9.95. The molecule has 2 N–H and O–H groups in total. The molecule has 0 fully saturated rings. The lowest BCUT2D eigenvalue weighted by Gasteiger charge is -2.14. The van der Waals surface area contributed by atoms with E-state index in [0.717, 1.165) is 50.0 Å². The van der Waals surface area contributed by atoms with E-state index in [0.29, 0.717) is 22.7 Å². The van der Waals surface area contributed by atoms with Gasteiger partial charge in [0.1, 0.15) is 5.00 Å². The second-order valence-corrected chi connectivity index (χ2v) is 8.92. The van der Waals surface area contributed by atoms with Crippen LogP contribution in [0.1, 0.15) is 83.5 Å². The van der Waals surface area contributed by atoms with Gasteiger partial charge in [-0.2, -0.15) is 0 Å². The Balaban J connectivity index is 1.71. The zero-order valence-corrected chi connectivity index (χ0v) is 18.4. The largest absolute Gasteiger partial charge is 0.352 e. The van der Waals surface area contributed by atoms with E-state index in [1.807, 2.05) is 18.2 Å². The Kier molecular flexibility index (Phi) is 7.87. The number of fused-ring (bicyclic) bond motifs is 1. The van der Waals surface area contributed by atoms with Crippen molar-refractivity contribution in [1.82, 2.24) is 5.32 Å². The third-order valence-electron chi connectivity index (χ3n) is 5.89. The number of carbonyl (C=O) groups is 2. The summed E-state index contributed by atoms with van der Waals surface area (Å²) in [6, 6.07) is 9.17. The maximum atomic E-state index is 13.0. The van der Waals surface area contributed by atoms with Gasteiger partial charge in [0.2, 0.25) is 0 Å². The molecule has 0 unspecified atom stereocenters. The SMILES string of the molecule is CCC(CC)CCCNC(=O)c1c(NC(=O)c2ccccc2)sc2c1CCCC2. The third kappa shape index (κ3) is 5.47. The summed E-state index contributed by atoms with van der Waals surface area (Å²) in [4.78, 5) is 27.0. The van der Waals surface area contributed by atoms with Crippen LogP contribution in [0, 0.1) is 5.92 Å². The van der Waals surface area contributed by atoms with E-state index < -0.39 is 0 Å². The number of carbonyl (C=O) groups excluding carboxylic acids is 2. The van der Waals surface area contributed by atoms with Gasteiger partial charge >= 0.3 is 0 Å². The van der Waals surface area contributed by atoms with Crippen LogP contribution in [-0.2, 0) is 12.8 Å². The maximum Gasteiger partial charge on any atom is 0.256 e. The summed E-state index contributed by atoms with van der Waals surface area (Å²) in [5, 5.41) is 6.82. The molecule has 0 saturated heterocycles. The van der Waals surface area contributed by atoms with Crippen molar-refractivity contribution in [3.8, 4) is 0 Å². The van der Waals surface area contributed by atoms with Crippen molar-refractivity contribution in [1.29, 1.82) is 0 Å². The van der Waals surface area contributed by atoms with Crippen LogP contribution in [0.5, 0.6) is 0 Å². The zero-order valence-electron chi connectivity index (χ0n) is 17.6. The van der Waals surface area contributed by atoms with Crippen molar-refractivity contribution in [2.24, 2.45) is 5.92 Å². The normalized spacial score (nSPS) is 13.2. The molecule has 5 heteroatoms. The molecule has 1 aromatic carbocycles. The first-order valence-corrected chi connectivity index (χ1v) is 11.7. The minimum atomic E-state index is -0.160. The van der Waals surface area contributed by atoms with Crippen molar-refractivity contribution >= 4 is 28.2 Å². The predicted octanol–water partition coefficient (Wildman–Crippen LogP) is 5.83. The molecule has 2 amide bonds. The highest BCUT2D eigenvalue weighted by molar-refractivity contribution is 7.17. The van der Waals surface area contributed by atoms with Crippen LogP contribution in [-0.4, -0.2) is 18.4 Å². The molecule has 1 aliphatic rings. The van der Waals surface area contributed by atoms with Crippen LogP contribution in [0.25, 0.3) is 0 Å². The van der Waals surface area contributed by atoms with Gasteiger partial charge in [-0.3, -0.25) is 9.59 Å². The van der Waals surface area contributed by atoms with Gasteiger partial charge in [0.05, 0.1) is 5.56 Å². The fourth-order valence-corrected chi connectivity index (χ4v) is 5.32. The maximum absolute atomic E-state index is 13.0. The van der Waals surface area contributed by atoms with Crippen molar-refractivity contribution in [2.45, 2.75) is 65.2 Å². The number of thiophene rings is 1. The van der Waals surface area contributed by atoms with Crippen LogP contribution in [0.3, 0.4) is 0 Å². The summed E-state index contributed by atoms with van der Waals surface area (Å²) >= 11 is 1.57. The fraction of sp³-hybridized carbons (Fsp3) is 0.500. The Morgan fingerprint density at radius 2 is 1.76 bits per heavy atom. The number of rotatable bonds is 9. The van der Waals surface area contributed by atoms with E-state index in [1.54, 1.807) is 23.5 Å². The van der Waals surface area contributed by atoms with Gasteiger partial charge in [0.15, 0.2) is 0 Å². The highest BCUT2D eigenvalue weighted by atomic mass is 32.1. The van der Waals surface area contributed by atoms with E-state index in [1.165, 1.54) is 17.7 Å². The molecule has 2 aromatic rings. The van der Waals surface area contributed by atoms with Gasteiger partial charge in [-0.25, -0.2) is 0 Å². The molecule has 4 nitrogen and oxygen atoms in total. The van der Waals surface area contributed by atoms with E-state index in [9.17, 15) is 9.59 Å². The molecule has 156 valence electrons. The Labute approximate surface area is 178 Å². The second-order valence-electron chi connectivity index (χ2n) is 7.82. The highest BCUT2D eigenvalue weighted by Crippen LogP contribution is 2.38. The van der Waals surface area contributed by atoms with E-state index in [-0.39, 0.29) is 11.8 Å². The first-order valence-electron chi connectivity index (χ1n) is 10.9. The number of aryl methyl sites for hydroxylation is 1. The molecule has 1 aliphatic carbocycles. The average molecular weight is 413 g/mol. The smallest absolute Gasteiger partial charge is 0.256 e. The quantitative estimate of drug-likeness (QED) is 0.509. The molecule has 3 rings (SSSR count). The molecule has 0 atom stereocenters. The first kappa shape index (κ1) is 21.6. The number of hydrogen-bond donors (Lipinski definition) is 2. The highest BCUT2D eigenvalue weighted by Gasteiger charge is 2.26. The van der Waals surface area contributed by atoms with Gasteiger partial charge in [0, 0.05) is 17.0 Å². The summed E-state index contributed by atoms with van der Waals surface area (Å²) in [5.74, 6) is 0.533. The van der Waals surface area contributed by atoms with Crippen LogP contribution in [0.15, 0.2) is 30.3 Å². The molecule has 0 saturated carbocycles. The molecular formula is C24H32N2O2S. The third-order valence-corrected chi connectivity index (χ3v) is 7.10. The van der Waals surface area contributed by atoms with Crippen molar-refractivity contribution in [3.63, 3.8) is 0 Å². The van der Waals surface area contributed by atoms with Gasteiger partial charge in [-0.15, -0.1) is 11.3 Å². The van der Waals surface area contributed by atoms with Crippen molar-refractivity contribution in [2.75, 3.05) is 11.9 Å². The molecule has 0 bridgehead atoms. The van der Waals surface area contributed by atoms with Gasteiger partial charge in [-0.1, -0.05) is 44.9 Å². The van der Waals surface area contributed by atoms with Gasteiger partial charge in [-0.05, 0) is 62.1 Å². The Morgan fingerprint density at radius 1 is 1.03 bits per heavy atom. The molecule has 1 aromatic heterocycles. The zero-order chi connectivity index (χ0) is 20.6. The minimum absolute atomic E-state index is 0.0442. The molecule has 0 aliphatic heterocycles. The summed E-state index contributed by atoms with van der Waals surface area (Å²) in [6.45, 7) is 5.14. The average Bonchev–Trinajstić information content (AvgIpc) is 3.12. The summed E-state index contributed by atoms with van der Waals surface area (Å²) in [7, 11) is 0. The first-order chi connectivity index (χ1) is 14.1. The van der Waals surface area contributed by atoms with E-state index in [2.05, 4.69) is 24.5 Å². The molecule has 1 heterocycles. The fourth-order valence-electron chi connectivity index (χ4n) is 4.04. The lowest BCUT2D eigenvalue weighted by molar-refractivity contribution is 0.0952. The number of hydrogen-bond acceptors (Lipinski definition) is 3. The Morgan fingerprint density at radius 3 is 2.48 bits per heavy atom. The van der Waals surface area contributed by atoms with E-state index >= 15 is 0 Å². The summed E-state index contributed by atoms with van der Waals surface area (Å²) < 4.78 is 0. The van der Waals surface area contributed by atoms with Crippen LogP contribution < -0.4 is 10.6 Å².